The van der Waals surface area contributed by atoms with E-state index < -0.39 is 11.9 Å². The third-order valence-corrected chi connectivity index (χ3v) is 4.44. The van der Waals surface area contributed by atoms with E-state index in [-0.39, 0.29) is 12.3 Å². The number of hydrogen-bond donors (Lipinski definition) is 2. The molecule has 0 aliphatic rings. The second-order valence-corrected chi connectivity index (χ2v) is 7.00. The van der Waals surface area contributed by atoms with Crippen LogP contribution in [-0.2, 0) is 9.53 Å². The van der Waals surface area contributed by atoms with Gasteiger partial charge in [-0.25, -0.2) is 9.59 Å². The van der Waals surface area contributed by atoms with E-state index in [1.54, 1.807) is 43.5 Å². The van der Waals surface area contributed by atoms with Crippen LogP contribution >= 0.6 is 22.6 Å². The summed E-state index contributed by atoms with van der Waals surface area (Å²) in [4.78, 5) is 38.4. The van der Waals surface area contributed by atoms with Gasteiger partial charge in [0.05, 0.1) is 11.3 Å². The van der Waals surface area contributed by atoms with Crippen molar-refractivity contribution in [2.24, 2.45) is 0 Å². The van der Waals surface area contributed by atoms with Gasteiger partial charge < -0.3 is 15.0 Å². The number of benzene rings is 2. The number of aryl methyl sites for hydroxylation is 1. The topological polar surface area (TPSA) is 93.2 Å². The van der Waals surface area contributed by atoms with E-state index in [1.807, 2.05) is 18.2 Å². The minimum absolute atomic E-state index is 0.255. The molecule has 0 aliphatic heterocycles. The lowest BCUT2D eigenvalue weighted by Gasteiger charge is -2.08. The van der Waals surface area contributed by atoms with Crippen molar-refractivity contribution in [3.05, 3.63) is 80.0 Å². The Morgan fingerprint density at radius 3 is 2.56 bits per heavy atom. The number of aromatic nitrogens is 2. The van der Waals surface area contributed by atoms with E-state index in [0.717, 1.165) is 9.26 Å². The van der Waals surface area contributed by atoms with Crippen molar-refractivity contribution in [1.82, 2.24) is 9.55 Å². The third kappa shape index (κ3) is 4.64. The molecular formula is C19H16IN3O4. The maximum absolute atomic E-state index is 12.1. The molecule has 138 valence electrons. The average Bonchev–Trinajstić information content (AvgIpc) is 2.98. The van der Waals surface area contributed by atoms with Gasteiger partial charge in [-0.15, -0.1) is 0 Å². The molecule has 7 nitrogen and oxygen atoms in total. The molecule has 0 radical (unpaired) electrons. The van der Waals surface area contributed by atoms with Gasteiger partial charge in [-0.2, -0.15) is 0 Å². The van der Waals surface area contributed by atoms with E-state index in [2.05, 4.69) is 32.9 Å². The predicted octanol–water partition coefficient (Wildman–Crippen LogP) is 2.87. The van der Waals surface area contributed by atoms with Crippen molar-refractivity contribution in [3.63, 3.8) is 0 Å². The molecule has 0 fully saturated rings. The van der Waals surface area contributed by atoms with Gasteiger partial charge in [0.1, 0.15) is 0 Å². The molecule has 0 bridgehead atoms. The van der Waals surface area contributed by atoms with Gasteiger partial charge in [-0.05, 0) is 72.0 Å². The summed E-state index contributed by atoms with van der Waals surface area (Å²) in [5.74, 6) is -1.03. The first kappa shape index (κ1) is 18.9. The lowest BCUT2D eigenvalue weighted by molar-refractivity contribution is -0.119. The zero-order chi connectivity index (χ0) is 19.4. The molecule has 0 spiro atoms. The van der Waals surface area contributed by atoms with Gasteiger partial charge >= 0.3 is 11.7 Å². The summed E-state index contributed by atoms with van der Waals surface area (Å²) in [5, 5.41) is 2.67. The summed E-state index contributed by atoms with van der Waals surface area (Å²) < 4.78 is 7.52. The molecule has 0 unspecified atom stereocenters. The first-order valence-corrected chi connectivity index (χ1v) is 9.12. The Kier molecular flexibility index (Phi) is 5.75. The summed E-state index contributed by atoms with van der Waals surface area (Å²) in [6.07, 6.45) is 1.61. The van der Waals surface area contributed by atoms with Crippen molar-refractivity contribution in [2.75, 3.05) is 11.9 Å². The zero-order valence-electron chi connectivity index (χ0n) is 14.4. The van der Waals surface area contributed by atoms with Crippen LogP contribution < -0.4 is 11.0 Å². The number of amides is 1. The minimum atomic E-state index is -0.613. The smallest absolute Gasteiger partial charge is 0.338 e. The molecule has 0 saturated carbocycles. The molecule has 0 saturated heterocycles. The van der Waals surface area contributed by atoms with Crippen LogP contribution in [0.3, 0.4) is 0 Å². The summed E-state index contributed by atoms with van der Waals surface area (Å²) in [7, 11) is 0. The lowest BCUT2D eigenvalue weighted by atomic mass is 10.2. The normalized spacial score (nSPS) is 10.4. The van der Waals surface area contributed by atoms with Gasteiger partial charge in [-0.1, -0.05) is 6.07 Å². The molecular weight excluding hydrogens is 461 g/mol. The third-order valence-electron chi connectivity index (χ3n) is 3.76. The summed E-state index contributed by atoms with van der Waals surface area (Å²) in [6.45, 7) is 1.41. The fourth-order valence-corrected chi connectivity index (χ4v) is 3.04. The Labute approximate surface area is 168 Å². The molecule has 1 aromatic heterocycles. The van der Waals surface area contributed by atoms with Crippen LogP contribution in [0.25, 0.3) is 5.69 Å². The molecule has 3 rings (SSSR count). The number of imidazole rings is 1. The highest BCUT2D eigenvalue weighted by Crippen LogP contribution is 2.13. The Balaban J connectivity index is 1.60. The maximum atomic E-state index is 12.1. The number of esters is 1. The van der Waals surface area contributed by atoms with Crippen LogP contribution in [0.5, 0.6) is 0 Å². The summed E-state index contributed by atoms with van der Waals surface area (Å²) in [5.41, 5.74) is 2.06. The number of H-pyrrole nitrogens is 1. The van der Waals surface area contributed by atoms with E-state index in [1.165, 1.54) is 4.57 Å². The predicted molar refractivity (Wildman–Crippen MR) is 109 cm³/mol. The highest BCUT2D eigenvalue weighted by Gasteiger charge is 2.12. The first-order valence-electron chi connectivity index (χ1n) is 8.04. The molecule has 8 heteroatoms. The fraction of sp³-hybridized carbons (Fsp3) is 0.105. The quantitative estimate of drug-likeness (QED) is 0.437. The Morgan fingerprint density at radius 1 is 1.19 bits per heavy atom. The minimum Gasteiger partial charge on any atom is -0.452 e. The van der Waals surface area contributed by atoms with E-state index in [4.69, 9.17) is 4.74 Å². The molecule has 2 N–H and O–H groups in total. The standard InChI is InChI=1S/C19H16IN3O4/c1-12-10-21-19(26)23(12)16-7-5-13(6-8-16)18(25)27-11-17(24)22-15-4-2-3-14(20)9-15/h2-10H,11H2,1H3,(H,21,26)(H,22,24). The van der Waals surface area contributed by atoms with E-state index in [0.29, 0.717) is 16.9 Å². The van der Waals surface area contributed by atoms with Crippen LogP contribution in [0.2, 0.25) is 0 Å². The Morgan fingerprint density at radius 2 is 1.93 bits per heavy atom. The highest BCUT2D eigenvalue weighted by atomic mass is 127. The number of carbonyl (C=O) groups is 2. The van der Waals surface area contributed by atoms with Gasteiger partial charge in [-0.3, -0.25) is 9.36 Å². The second kappa shape index (κ2) is 8.21. The second-order valence-electron chi connectivity index (χ2n) is 5.75. The van der Waals surface area contributed by atoms with Crippen molar-refractivity contribution in [2.45, 2.75) is 6.92 Å². The number of anilines is 1. The number of nitrogens with one attached hydrogen (secondary N) is 2. The number of hydrogen-bond acceptors (Lipinski definition) is 4. The first-order chi connectivity index (χ1) is 12.9. The number of rotatable bonds is 5. The Bertz CT molecular complexity index is 1040. The number of carbonyl (C=O) groups excluding carboxylic acids is 2. The molecule has 1 amide bonds. The van der Waals surface area contributed by atoms with Crippen LogP contribution in [0.4, 0.5) is 5.69 Å². The fourth-order valence-electron chi connectivity index (χ4n) is 2.50. The highest BCUT2D eigenvalue weighted by molar-refractivity contribution is 14.1. The van der Waals surface area contributed by atoms with Crippen molar-refractivity contribution in [1.29, 1.82) is 0 Å². The Hall–Kier alpha value is -2.88. The molecule has 0 atom stereocenters. The SMILES string of the molecule is Cc1c[nH]c(=O)n1-c1ccc(C(=O)OCC(=O)Nc2cccc(I)c2)cc1. The van der Waals surface area contributed by atoms with Crippen molar-refractivity contribution in [3.8, 4) is 5.69 Å². The molecule has 2 aromatic carbocycles. The van der Waals surface area contributed by atoms with E-state index >= 15 is 0 Å². The van der Waals surface area contributed by atoms with Crippen molar-refractivity contribution >= 4 is 40.2 Å². The summed E-state index contributed by atoms with van der Waals surface area (Å²) in [6, 6.07) is 13.7. The largest absolute Gasteiger partial charge is 0.452 e. The molecule has 27 heavy (non-hydrogen) atoms. The van der Waals surface area contributed by atoms with Crippen LogP contribution in [0.15, 0.2) is 59.5 Å². The lowest BCUT2D eigenvalue weighted by Crippen LogP contribution is -2.21. The number of halogens is 1. The van der Waals surface area contributed by atoms with Crippen molar-refractivity contribution < 1.29 is 14.3 Å². The summed E-state index contributed by atoms with van der Waals surface area (Å²) >= 11 is 2.14. The monoisotopic (exact) mass is 477 g/mol. The average molecular weight is 477 g/mol. The molecule has 3 aromatic rings. The number of ether oxygens (including phenoxy) is 1. The van der Waals surface area contributed by atoms with Crippen LogP contribution in [0, 0.1) is 10.5 Å². The van der Waals surface area contributed by atoms with Crippen LogP contribution in [-0.4, -0.2) is 28.0 Å². The number of aromatic amines is 1. The van der Waals surface area contributed by atoms with Gasteiger partial charge in [0.25, 0.3) is 5.91 Å². The van der Waals surface area contributed by atoms with Gasteiger partial charge in [0.2, 0.25) is 0 Å². The van der Waals surface area contributed by atoms with E-state index in [9.17, 15) is 14.4 Å². The van der Waals surface area contributed by atoms with Gasteiger partial charge in [0.15, 0.2) is 6.61 Å². The van der Waals surface area contributed by atoms with Gasteiger partial charge in [0, 0.05) is 21.1 Å². The maximum Gasteiger partial charge on any atom is 0.338 e. The molecule has 1 heterocycles. The molecule has 0 aliphatic carbocycles. The zero-order valence-corrected chi connectivity index (χ0v) is 16.5. The number of nitrogens with zero attached hydrogens (tertiary/aromatic N) is 1. The van der Waals surface area contributed by atoms with Crippen LogP contribution in [0.1, 0.15) is 16.1 Å².